The summed E-state index contributed by atoms with van der Waals surface area (Å²) in [5.74, 6) is 0. The smallest absolute Gasteiger partial charge is 0.287 e. The topological polar surface area (TPSA) is 46.9 Å². The molecule has 0 spiro atoms. The van der Waals surface area contributed by atoms with E-state index in [0.29, 0.717) is 18.8 Å². The predicted octanol–water partition coefficient (Wildman–Crippen LogP) is 4.07. The summed E-state index contributed by atoms with van der Waals surface area (Å²) in [7, 11) is 0. The van der Waals surface area contributed by atoms with Gasteiger partial charge in [-0.05, 0) is 24.1 Å². The van der Waals surface area contributed by atoms with E-state index in [0.717, 1.165) is 22.9 Å². The zero-order chi connectivity index (χ0) is 15.2. The number of aryl methyl sites for hydroxylation is 1. The lowest BCUT2D eigenvalue weighted by molar-refractivity contribution is 0.543. The minimum atomic E-state index is -0.245. The number of halogens is 2. The van der Waals surface area contributed by atoms with E-state index >= 15 is 0 Å². The van der Waals surface area contributed by atoms with Crippen molar-refractivity contribution in [2.75, 3.05) is 5.32 Å². The number of nitrogens with zero attached hydrogens (tertiary/aromatic N) is 2. The van der Waals surface area contributed by atoms with Gasteiger partial charge in [0.25, 0.3) is 5.56 Å². The fourth-order valence-corrected chi connectivity index (χ4v) is 2.33. The molecular weight excluding hydrogens is 354 g/mol. The van der Waals surface area contributed by atoms with Crippen LogP contribution in [0.4, 0.5) is 5.69 Å². The van der Waals surface area contributed by atoms with Crippen molar-refractivity contribution in [3.05, 3.63) is 55.9 Å². The molecule has 112 valence electrons. The molecule has 4 nitrogen and oxygen atoms in total. The lowest BCUT2D eigenvalue weighted by Gasteiger charge is -2.10. The number of benzene rings is 1. The van der Waals surface area contributed by atoms with Crippen LogP contribution in [0.3, 0.4) is 0 Å². The van der Waals surface area contributed by atoms with Crippen molar-refractivity contribution in [2.45, 2.75) is 32.9 Å². The molecule has 1 N–H and O–H groups in total. The summed E-state index contributed by atoms with van der Waals surface area (Å²) in [6, 6.07) is 7.95. The first-order valence-electron chi connectivity index (χ1n) is 6.85. The van der Waals surface area contributed by atoms with Crippen LogP contribution < -0.4 is 10.9 Å². The van der Waals surface area contributed by atoms with Gasteiger partial charge in [-0.3, -0.25) is 4.79 Å². The Kier molecular flexibility index (Phi) is 5.82. The summed E-state index contributed by atoms with van der Waals surface area (Å²) in [5.41, 5.74) is 1.42. The fourth-order valence-electron chi connectivity index (χ4n) is 1.86. The third kappa shape index (κ3) is 4.32. The molecule has 2 aromatic rings. The third-order valence-corrected chi connectivity index (χ3v) is 4.00. The first-order valence-corrected chi connectivity index (χ1v) is 8.03. The zero-order valence-corrected chi connectivity index (χ0v) is 14.1. The molecule has 0 aliphatic heterocycles. The molecule has 0 radical (unpaired) electrons. The average Bonchev–Trinajstić information content (AvgIpc) is 2.49. The van der Waals surface area contributed by atoms with Crippen molar-refractivity contribution in [3.63, 3.8) is 0 Å². The van der Waals surface area contributed by atoms with Gasteiger partial charge in [-0.2, -0.15) is 5.10 Å². The highest BCUT2D eigenvalue weighted by Crippen LogP contribution is 2.17. The Bertz CT molecular complexity index is 655. The van der Waals surface area contributed by atoms with Crippen LogP contribution in [-0.2, 0) is 13.1 Å². The number of hydrogen-bond donors (Lipinski definition) is 1. The molecule has 1 aromatic carbocycles. The Morgan fingerprint density at radius 1 is 1.33 bits per heavy atom. The van der Waals surface area contributed by atoms with Crippen molar-refractivity contribution in [3.8, 4) is 0 Å². The third-order valence-electron chi connectivity index (χ3n) is 3.10. The summed E-state index contributed by atoms with van der Waals surface area (Å²) in [6.45, 7) is 3.26. The maximum absolute atomic E-state index is 12.1. The van der Waals surface area contributed by atoms with Crippen LogP contribution in [0.5, 0.6) is 0 Å². The van der Waals surface area contributed by atoms with E-state index in [1.165, 1.54) is 4.68 Å². The quantitative estimate of drug-likeness (QED) is 0.833. The van der Waals surface area contributed by atoms with E-state index in [2.05, 4.69) is 33.3 Å². The zero-order valence-electron chi connectivity index (χ0n) is 11.8. The van der Waals surface area contributed by atoms with Crippen LogP contribution in [-0.4, -0.2) is 9.78 Å². The van der Waals surface area contributed by atoms with Crippen LogP contribution in [0.1, 0.15) is 25.3 Å². The van der Waals surface area contributed by atoms with Gasteiger partial charge >= 0.3 is 0 Å². The molecule has 0 amide bonds. The molecule has 1 aromatic heterocycles. The summed E-state index contributed by atoms with van der Waals surface area (Å²) in [4.78, 5) is 12.1. The van der Waals surface area contributed by atoms with Gasteiger partial charge in [0.1, 0.15) is 5.02 Å². The minimum Gasteiger partial charge on any atom is -0.378 e. The molecule has 0 saturated carbocycles. The summed E-state index contributed by atoms with van der Waals surface area (Å²) >= 11 is 9.52. The molecule has 2 rings (SSSR count). The Balaban J connectivity index is 2.08. The van der Waals surface area contributed by atoms with E-state index in [1.807, 2.05) is 24.3 Å². The normalized spacial score (nSPS) is 10.6. The van der Waals surface area contributed by atoms with E-state index < -0.39 is 0 Å². The van der Waals surface area contributed by atoms with Gasteiger partial charge in [0, 0.05) is 17.6 Å². The van der Waals surface area contributed by atoms with Crippen LogP contribution in [0, 0.1) is 0 Å². The molecule has 0 bridgehead atoms. The summed E-state index contributed by atoms with van der Waals surface area (Å²) in [6.07, 6.45) is 3.53. The van der Waals surface area contributed by atoms with Gasteiger partial charge < -0.3 is 5.32 Å². The van der Waals surface area contributed by atoms with Gasteiger partial charge in [0.2, 0.25) is 0 Å². The van der Waals surface area contributed by atoms with Gasteiger partial charge in [-0.25, -0.2) is 4.68 Å². The number of hydrogen-bond acceptors (Lipinski definition) is 3. The second kappa shape index (κ2) is 7.61. The largest absolute Gasteiger partial charge is 0.378 e. The SMILES string of the molecule is CCCCn1ncc(NCc2ccc(Br)cc2)c(Cl)c1=O. The molecule has 0 atom stereocenters. The van der Waals surface area contributed by atoms with Gasteiger partial charge in [-0.1, -0.05) is 53.0 Å². The monoisotopic (exact) mass is 369 g/mol. The second-order valence-electron chi connectivity index (χ2n) is 4.73. The van der Waals surface area contributed by atoms with Crippen LogP contribution in [0.25, 0.3) is 0 Å². The van der Waals surface area contributed by atoms with E-state index in [9.17, 15) is 4.79 Å². The van der Waals surface area contributed by atoms with Crippen molar-refractivity contribution in [1.82, 2.24) is 9.78 Å². The number of anilines is 1. The van der Waals surface area contributed by atoms with Gasteiger partial charge in [-0.15, -0.1) is 0 Å². The molecule has 6 heteroatoms. The highest BCUT2D eigenvalue weighted by atomic mass is 79.9. The molecule has 0 aliphatic carbocycles. The second-order valence-corrected chi connectivity index (χ2v) is 6.03. The number of unbranched alkanes of at least 4 members (excludes halogenated alkanes) is 1. The van der Waals surface area contributed by atoms with Crippen LogP contribution in [0.2, 0.25) is 5.02 Å². The molecular formula is C15H17BrClN3O. The Morgan fingerprint density at radius 3 is 2.71 bits per heavy atom. The van der Waals surface area contributed by atoms with Crippen molar-refractivity contribution in [1.29, 1.82) is 0 Å². The van der Waals surface area contributed by atoms with Crippen molar-refractivity contribution >= 4 is 33.2 Å². The molecule has 21 heavy (non-hydrogen) atoms. The highest BCUT2D eigenvalue weighted by Gasteiger charge is 2.08. The van der Waals surface area contributed by atoms with Gasteiger partial charge in [0.15, 0.2) is 0 Å². The van der Waals surface area contributed by atoms with E-state index in [-0.39, 0.29) is 10.6 Å². The summed E-state index contributed by atoms with van der Waals surface area (Å²) < 4.78 is 2.45. The molecule has 0 aliphatic rings. The maximum atomic E-state index is 12.1. The summed E-state index contributed by atoms with van der Waals surface area (Å²) in [5, 5.41) is 7.50. The van der Waals surface area contributed by atoms with Crippen molar-refractivity contribution in [2.24, 2.45) is 0 Å². The lowest BCUT2D eigenvalue weighted by atomic mass is 10.2. The fraction of sp³-hybridized carbons (Fsp3) is 0.333. The number of nitrogens with one attached hydrogen (secondary N) is 1. The van der Waals surface area contributed by atoms with Crippen LogP contribution in [0.15, 0.2) is 39.7 Å². The molecule has 0 fully saturated rings. The minimum absolute atomic E-state index is 0.193. The van der Waals surface area contributed by atoms with Crippen LogP contribution >= 0.6 is 27.5 Å². The lowest BCUT2D eigenvalue weighted by Crippen LogP contribution is -2.24. The number of aromatic nitrogens is 2. The number of rotatable bonds is 6. The first-order chi connectivity index (χ1) is 10.1. The van der Waals surface area contributed by atoms with Gasteiger partial charge in [0.05, 0.1) is 11.9 Å². The Morgan fingerprint density at radius 2 is 2.05 bits per heavy atom. The van der Waals surface area contributed by atoms with E-state index in [4.69, 9.17) is 11.6 Å². The average molecular weight is 371 g/mol. The standard InChI is InChI=1S/C15H17BrClN3O/c1-2-3-8-20-15(21)14(17)13(10-19-20)18-9-11-4-6-12(16)7-5-11/h4-7,10,18H,2-3,8-9H2,1H3. The highest BCUT2D eigenvalue weighted by molar-refractivity contribution is 9.10. The maximum Gasteiger partial charge on any atom is 0.287 e. The van der Waals surface area contributed by atoms with Crippen molar-refractivity contribution < 1.29 is 0 Å². The molecule has 1 heterocycles. The van der Waals surface area contributed by atoms with E-state index in [1.54, 1.807) is 6.20 Å². The first kappa shape index (κ1) is 16.0. The molecule has 0 unspecified atom stereocenters. The predicted molar refractivity (Wildman–Crippen MR) is 89.9 cm³/mol. The Labute approximate surface area is 137 Å². The Hall–Kier alpha value is -1.33. The molecule has 0 saturated heterocycles.